The van der Waals surface area contributed by atoms with Crippen LogP contribution in [-0.2, 0) is 14.3 Å². The van der Waals surface area contributed by atoms with Crippen LogP contribution in [0.2, 0.25) is 0 Å². The minimum absolute atomic E-state index is 0.117. The number of nitrogens with one attached hydrogen (secondary N) is 2. The molecular formula is C17H21N5O3S2. The first-order chi connectivity index (χ1) is 13.2. The molecule has 2 aromatic rings. The number of nitrogens with zero attached hydrogens (tertiary/aromatic N) is 3. The van der Waals surface area contributed by atoms with Gasteiger partial charge in [-0.1, -0.05) is 23.1 Å². The van der Waals surface area contributed by atoms with Crippen LogP contribution in [0.25, 0.3) is 0 Å². The Morgan fingerprint density at radius 1 is 1.33 bits per heavy atom. The highest BCUT2D eigenvalue weighted by molar-refractivity contribution is 8.01. The zero-order chi connectivity index (χ0) is 19.1. The summed E-state index contributed by atoms with van der Waals surface area (Å²) in [7, 11) is 1.64. The number of methoxy groups -OCH3 is 1. The molecule has 1 saturated heterocycles. The van der Waals surface area contributed by atoms with Gasteiger partial charge in [0.1, 0.15) is 0 Å². The molecule has 10 heteroatoms. The van der Waals surface area contributed by atoms with Crippen LogP contribution < -0.4 is 15.5 Å². The molecule has 0 spiro atoms. The van der Waals surface area contributed by atoms with E-state index >= 15 is 0 Å². The quantitative estimate of drug-likeness (QED) is 0.487. The van der Waals surface area contributed by atoms with Crippen LogP contribution in [0.4, 0.5) is 16.5 Å². The number of ether oxygens (including phenoxy) is 1. The molecule has 0 saturated carbocycles. The molecule has 1 aromatic heterocycles. The lowest BCUT2D eigenvalue weighted by Crippen LogP contribution is -2.23. The summed E-state index contributed by atoms with van der Waals surface area (Å²) in [4.78, 5) is 25.7. The molecule has 2 amide bonds. The van der Waals surface area contributed by atoms with Crippen molar-refractivity contribution in [3.8, 4) is 0 Å². The van der Waals surface area contributed by atoms with E-state index in [1.54, 1.807) is 12.0 Å². The first-order valence-electron chi connectivity index (χ1n) is 8.55. The number of anilines is 3. The highest BCUT2D eigenvalue weighted by atomic mass is 32.2. The number of thioether (sulfide) groups is 1. The average molecular weight is 408 g/mol. The number of benzene rings is 1. The van der Waals surface area contributed by atoms with Gasteiger partial charge in [0.15, 0.2) is 4.34 Å². The van der Waals surface area contributed by atoms with Crippen molar-refractivity contribution < 1.29 is 14.3 Å². The largest absolute Gasteiger partial charge is 0.383 e. The Hall–Kier alpha value is -2.17. The number of amides is 2. The van der Waals surface area contributed by atoms with Gasteiger partial charge in [0, 0.05) is 38.0 Å². The fourth-order valence-electron chi connectivity index (χ4n) is 2.57. The molecule has 2 N–H and O–H groups in total. The van der Waals surface area contributed by atoms with Crippen molar-refractivity contribution in [3.05, 3.63) is 24.3 Å². The second-order valence-corrected chi connectivity index (χ2v) is 8.03. The van der Waals surface area contributed by atoms with E-state index in [2.05, 4.69) is 20.8 Å². The molecule has 27 heavy (non-hydrogen) atoms. The molecule has 1 aliphatic heterocycles. The van der Waals surface area contributed by atoms with Gasteiger partial charge in [0.2, 0.25) is 16.9 Å². The van der Waals surface area contributed by atoms with Gasteiger partial charge in [-0.3, -0.25) is 9.59 Å². The molecule has 2 heterocycles. The first kappa shape index (κ1) is 19.6. The molecule has 8 nitrogen and oxygen atoms in total. The van der Waals surface area contributed by atoms with Crippen molar-refractivity contribution in [2.24, 2.45) is 0 Å². The minimum atomic E-state index is -0.117. The average Bonchev–Trinajstić information content (AvgIpc) is 3.30. The summed E-state index contributed by atoms with van der Waals surface area (Å²) in [6.45, 7) is 2.01. The molecule has 0 unspecified atom stereocenters. The second kappa shape index (κ2) is 9.67. The Labute approximate surface area is 165 Å². The van der Waals surface area contributed by atoms with Crippen molar-refractivity contribution >= 4 is 51.4 Å². The Morgan fingerprint density at radius 3 is 2.85 bits per heavy atom. The van der Waals surface area contributed by atoms with Crippen LogP contribution >= 0.6 is 23.1 Å². The Bertz CT molecular complexity index is 781. The SMILES string of the molecule is COCCNc1nnc(SCC(=O)Nc2ccc(N3CCCC3=O)cc2)s1. The lowest BCUT2D eigenvalue weighted by Gasteiger charge is -2.16. The monoisotopic (exact) mass is 407 g/mol. The summed E-state index contributed by atoms with van der Waals surface area (Å²) in [5.41, 5.74) is 1.57. The fourth-order valence-corrected chi connectivity index (χ4v) is 4.15. The number of hydrogen-bond donors (Lipinski definition) is 2. The Kier molecular flexibility index (Phi) is 7.02. The molecule has 0 bridgehead atoms. The van der Waals surface area contributed by atoms with Gasteiger partial charge in [-0.15, -0.1) is 10.2 Å². The van der Waals surface area contributed by atoms with Gasteiger partial charge >= 0.3 is 0 Å². The van der Waals surface area contributed by atoms with Gasteiger partial charge in [-0.05, 0) is 30.7 Å². The van der Waals surface area contributed by atoms with Gasteiger partial charge < -0.3 is 20.3 Å². The Morgan fingerprint density at radius 2 is 2.15 bits per heavy atom. The van der Waals surface area contributed by atoms with Crippen molar-refractivity contribution in [2.45, 2.75) is 17.2 Å². The third kappa shape index (κ3) is 5.65. The summed E-state index contributed by atoms with van der Waals surface area (Å²) >= 11 is 2.74. The fraction of sp³-hybridized carbons (Fsp3) is 0.412. The van der Waals surface area contributed by atoms with E-state index in [0.29, 0.717) is 30.4 Å². The van der Waals surface area contributed by atoms with Crippen LogP contribution in [0, 0.1) is 0 Å². The van der Waals surface area contributed by atoms with Crippen LogP contribution in [0.3, 0.4) is 0 Å². The number of rotatable bonds is 9. The number of carbonyl (C=O) groups is 2. The molecule has 3 rings (SSSR count). The maximum Gasteiger partial charge on any atom is 0.234 e. The third-order valence-electron chi connectivity index (χ3n) is 3.85. The summed E-state index contributed by atoms with van der Waals surface area (Å²) in [6, 6.07) is 7.34. The van der Waals surface area contributed by atoms with Crippen molar-refractivity contribution in [2.75, 3.05) is 48.1 Å². The van der Waals surface area contributed by atoms with Crippen molar-refractivity contribution in [1.82, 2.24) is 10.2 Å². The lowest BCUT2D eigenvalue weighted by molar-refractivity contribution is -0.117. The minimum Gasteiger partial charge on any atom is -0.383 e. The maximum atomic E-state index is 12.1. The van der Waals surface area contributed by atoms with E-state index in [1.165, 1.54) is 23.1 Å². The Balaban J connectivity index is 1.44. The summed E-state index contributed by atoms with van der Waals surface area (Å²) in [5.74, 6) is 0.282. The van der Waals surface area contributed by atoms with E-state index in [4.69, 9.17) is 4.74 Å². The molecule has 0 aliphatic carbocycles. The standard InChI is InChI=1S/C17H21N5O3S2/c1-25-10-8-18-16-20-21-17(27-16)26-11-14(23)19-12-4-6-13(7-5-12)22-9-2-3-15(22)24/h4-7H,2-3,8-11H2,1H3,(H,18,20)(H,19,23). The van der Waals surface area contributed by atoms with Crippen LogP contribution in [-0.4, -0.2) is 54.6 Å². The van der Waals surface area contributed by atoms with Gasteiger partial charge in [-0.25, -0.2) is 0 Å². The van der Waals surface area contributed by atoms with Crippen LogP contribution in [0.5, 0.6) is 0 Å². The maximum absolute atomic E-state index is 12.1. The molecule has 144 valence electrons. The van der Waals surface area contributed by atoms with E-state index in [0.717, 1.165) is 23.0 Å². The predicted octanol–water partition coefficient (Wildman–Crippen LogP) is 2.45. The number of aromatic nitrogens is 2. The topological polar surface area (TPSA) is 96.4 Å². The second-order valence-electron chi connectivity index (χ2n) is 5.83. The molecule has 0 atom stereocenters. The molecule has 1 aliphatic rings. The summed E-state index contributed by atoms with van der Waals surface area (Å²) < 4.78 is 5.69. The van der Waals surface area contributed by atoms with Gasteiger partial charge in [0.05, 0.1) is 12.4 Å². The molecule has 0 radical (unpaired) electrons. The van der Waals surface area contributed by atoms with E-state index in [9.17, 15) is 9.59 Å². The van der Waals surface area contributed by atoms with E-state index in [1.807, 2.05) is 24.3 Å². The zero-order valence-electron chi connectivity index (χ0n) is 14.9. The highest BCUT2D eigenvalue weighted by Gasteiger charge is 2.21. The first-order valence-corrected chi connectivity index (χ1v) is 10.4. The summed E-state index contributed by atoms with van der Waals surface area (Å²) in [6.07, 6.45) is 1.49. The third-order valence-corrected chi connectivity index (χ3v) is 5.87. The van der Waals surface area contributed by atoms with Gasteiger partial charge in [0.25, 0.3) is 0 Å². The number of carbonyl (C=O) groups excluding carboxylic acids is 2. The van der Waals surface area contributed by atoms with Crippen LogP contribution in [0.1, 0.15) is 12.8 Å². The van der Waals surface area contributed by atoms with E-state index in [-0.39, 0.29) is 17.6 Å². The summed E-state index contributed by atoms with van der Waals surface area (Å²) in [5, 5.41) is 14.7. The predicted molar refractivity (Wildman–Crippen MR) is 108 cm³/mol. The molecule has 1 aromatic carbocycles. The van der Waals surface area contributed by atoms with E-state index < -0.39 is 0 Å². The zero-order valence-corrected chi connectivity index (χ0v) is 16.6. The molecule has 1 fully saturated rings. The van der Waals surface area contributed by atoms with Gasteiger partial charge in [-0.2, -0.15) is 0 Å². The number of hydrogen-bond acceptors (Lipinski definition) is 8. The highest BCUT2D eigenvalue weighted by Crippen LogP contribution is 2.26. The molecular weight excluding hydrogens is 386 g/mol. The lowest BCUT2D eigenvalue weighted by atomic mass is 10.2. The normalized spacial score (nSPS) is 13.8. The smallest absolute Gasteiger partial charge is 0.234 e. The van der Waals surface area contributed by atoms with Crippen LogP contribution in [0.15, 0.2) is 28.6 Å². The van der Waals surface area contributed by atoms with Crippen molar-refractivity contribution in [3.63, 3.8) is 0 Å². The van der Waals surface area contributed by atoms with Crippen molar-refractivity contribution in [1.29, 1.82) is 0 Å².